The van der Waals surface area contributed by atoms with Crippen LogP contribution in [0.25, 0.3) is 0 Å². The Kier molecular flexibility index (Phi) is 4.61. The molecule has 3 fully saturated rings. The molecule has 2 aliphatic heterocycles. The quantitative estimate of drug-likeness (QED) is 0.849. The van der Waals surface area contributed by atoms with E-state index in [4.69, 9.17) is 0 Å². The van der Waals surface area contributed by atoms with E-state index in [0.29, 0.717) is 11.9 Å². The smallest absolute Gasteiger partial charge is 0.222 e. The van der Waals surface area contributed by atoms with Crippen molar-refractivity contribution in [3.8, 4) is 0 Å². The first kappa shape index (κ1) is 14.3. The number of rotatable bonds is 4. The molecule has 0 spiro atoms. The monoisotopic (exact) mass is 279 g/mol. The minimum absolute atomic E-state index is 0.391. The Labute approximate surface area is 122 Å². The summed E-state index contributed by atoms with van der Waals surface area (Å²) in [6.07, 6.45) is 8.43. The molecule has 4 heteroatoms. The Morgan fingerprint density at radius 3 is 2.65 bits per heavy atom. The maximum absolute atomic E-state index is 11.7. The molecule has 3 rings (SSSR count). The predicted octanol–water partition coefficient (Wildman–Crippen LogP) is 1.60. The van der Waals surface area contributed by atoms with Gasteiger partial charge in [0.05, 0.1) is 0 Å². The molecule has 2 heterocycles. The van der Waals surface area contributed by atoms with Gasteiger partial charge in [-0.2, -0.15) is 0 Å². The third kappa shape index (κ3) is 3.01. The molecular weight excluding hydrogens is 250 g/mol. The van der Waals surface area contributed by atoms with E-state index in [0.717, 1.165) is 51.1 Å². The molecule has 114 valence electrons. The van der Waals surface area contributed by atoms with Gasteiger partial charge < -0.3 is 10.2 Å². The predicted molar refractivity (Wildman–Crippen MR) is 80.6 cm³/mol. The summed E-state index contributed by atoms with van der Waals surface area (Å²) in [6.45, 7) is 6.60. The van der Waals surface area contributed by atoms with Crippen LogP contribution in [-0.2, 0) is 4.79 Å². The second-order valence-corrected chi connectivity index (χ2v) is 6.73. The molecule has 3 aliphatic rings. The molecule has 2 saturated heterocycles. The Balaban J connectivity index is 1.46. The molecule has 1 saturated carbocycles. The molecular formula is C16H29N3O. The highest BCUT2D eigenvalue weighted by atomic mass is 16.2. The molecule has 1 atom stereocenters. The lowest BCUT2D eigenvalue weighted by Crippen LogP contribution is -2.55. The first-order valence-electron chi connectivity index (χ1n) is 8.55. The number of hydrogen-bond acceptors (Lipinski definition) is 3. The van der Waals surface area contributed by atoms with Gasteiger partial charge in [0, 0.05) is 44.2 Å². The Morgan fingerprint density at radius 1 is 1.10 bits per heavy atom. The zero-order valence-electron chi connectivity index (χ0n) is 12.8. The molecule has 0 radical (unpaired) electrons. The van der Waals surface area contributed by atoms with Crippen LogP contribution in [0.4, 0.5) is 0 Å². The van der Waals surface area contributed by atoms with Crippen molar-refractivity contribution in [1.29, 1.82) is 0 Å². The van der Waals surface area contributed by atoms with E-state index >= 15 is 0 Å². The van der Waals surface area contributed by atoms with E-state index in [2.05, 4.69) is 22.0 Å². The summed E-state index contributed by atoms with van der Waals surface area (Å²) in [4.78, 5) is 16.5. The lowest BCUT2D eigenvalue weighted by atomic mass is 9.89. The van der Waals surface area contributed by atoms with Crippen molar-refractivity contribution in [1.82, 2.24) is 15.1 Å². The normalized spacial score (nSPS) is 35.4. The Morgan fingerprint density at radius 2 is 1.90 bits per heavy atom. The van der Waals surface area contributed by atoms with Crippen molar-refractivity contribution in [2.75, 3.05) is 26.2 Å². The number of nitrogens with zero attached hydrogens (tertiary/aromatic N) is 2. The fourth-order valence-corrected chi connectivity index (χ4v) is 4.21. The largest absolute Gasteiger partial charge is 0.337 e. The summed E-state index contributed by atoms with van der Waals surface area (Å²) in [5, 5.41) is 3.67. The molecule has 1 aliphatic carbocycles. The SMILES string of the molecule is CCCNC1CCC(N2CCN3C(=O)CCC3C2)CC1. The topological polar surface area (TPSA) is 35.6 Å². The summed E-state index contributed by atoms with van der Waals surface area (Å²) in [5.41, 5.74) is 0. The maximum Gasteiger partial charge on any atom is 0.222 e. The van der Waals surface area contributed by atoms with E-state index in [1.54, 1.807) is 0 Å². The van der Waals surface area contributed by atoms with Crippen molar-refractivity contribution in [3.63, 3.8) is 0 Å². The van der Waals surface area contributed by atoms with Crippen LogP contribution in [0, 0.1) is 0 Å². The second kappa shape index (κ2) is 6.44. The number of carbonyl (C=O) groups is 1. The van der Waals surface area contributed by atoms with E-state index < -0.39 is 0 Å². The molecule has 4 nitrogen and oxygen atoms in total. The zero-order valence-corrected chi connectivity index (χ0v) is 12.8. The minimum Gasteiger partial charge on any atom is -0.337 e. The highest BCUT2D eigenvalue weighted by molar-refractivity contribution is 5.78. The third-order valence-electron chi connectivity index (χ3n) is 5.42. The molecule has 1 N–H and O–H groups in total. The molecule has 1 amide bonds. The highest BCUT2D eigenvalue weighted by Gasteiger charge is 2.38. The van der Waals surface area contributed by atoms with Crippen LogP contribution in [-0.4, -0.2) is 60.0 Å². The van der Waals surface area contributed by atoms with Gasteiger partial charge in [0.1, 0.15) is 0 Å². The van der Waals surface area contributed by atoms with E-state index in [-0.39, 0.29) is 0 Å². The molecule has 0 aromatic rings. The van der Waals surface area contributed by atoms with Gasteiger partial charge in [-0.1, -0.05) is 6.92 Å². The molecule has 1 unspecified atom stereocenters. The second-order valence-electron chi connectivity index (χ2n) is 6.73. The Hall–Kier alpha value is -0.610. The first-order valence-corrected chi connectivity index (χ1v) is 8.55. The number of nitrogens with one attached hydrogen (secondary N) is 1. The van der Waals surface area contributed by atoms with Gasteiger partial charge in [-0.25, -0.2) is 0 Å². The van der Waals surface area contributed by atoms with Crippen molar-refractivity contribution in [3.05, 3.63) is 0 Å². The van der Waals surface area contributed by atoms with Gasteiger partial charge in [0.15, 0.2) is 0 Å². The van der Waals surface area contributed by atoms with Crippen LogP contribution in [0.15, 0.2) is 0 Å². The lowest BCUT2D eigenvalue weighted by molar-refractivity contribution is -0.131. The highest BCUT2D eigenvalue weighted by Crippen LogP contribution is 2.28. The number of carbonyl (C=O) groups excluding carboxylic acids is 1. The van der Waals surface area contributed by atoms with Crippen LogP contribution in [0.5, 0.6) is 0 Å². The molecule has 20 heavy (non-hydrogen) atoms. The first-order chi connectivity index (χ1) is 9.78. The molecule has 0 aromatic heterocycles. The van der Waals surface area contributed by atoms with Crippen molar-refractivity contribution in [2.24, 2.45) is 0 Å². The van der Waals surface area contributed by atoms with E-state index in [1.807, 2.05) is 0 Å². The standard InChI is InChI=1S/C16H29N3O/c1-2-9-17-13-3-5-14(6-4-13)18-10-11-19-15(12-18)7-8-16(19)20/h13-15,17H,2-12H2,1H3. The number of amides is 1. The Bertz CT molecular complexity index is 339. The van der Waals surface area contributed by atoms with Gasteiger partial charge in [0.25, 0.3) is 0 Å². The molecule has 0 aromatic carbocycles. The van der Waals surface area contributed by atoms with Gasteiger partial charge in [0.2, 0.25) is 5.91 Å². The fourth-order valence-electron chi connectivity index (χ4n) is 4.21. The third-order valence-corrected chi connectivity index (χ3v) is 5.42. The van der Waals surface area contributed by atoms with E-state index in [9.17, 15) is 4.79 Å². The van der Waals surface area contributed by atoms with Crippen LogP contribution in [0.3, 0.4) is 0 Å². The van der Waals surface area contributed by atoms with Crippen molar-refractivity contribution >= 4 is 5.91 Å². The summed E-state index contributed by atoms with van der Waals surface area (Å²) in [5.74, 6) is 0.391. The van der Waals surface area contributed by atoms with E-state index in [1.165, 1.54) is 32.1 Å². The molecule has 0 bridgehead atoms. The van der Waals surface area contributed by atoms with Crippen molar-refractivity contribution < 1.29 is 4.79 Å². The number of fused-ring (bicyclic) bond motifs is 1. The van der Waals surface area contributed by atoms with Crippen LogP contribution < -0.4 is 5.32 Å². The lowest BCUT2D eigenvalue weighted by Gasteiger charge is -2.44. The zero-order chi connectivity index (χ0) is 13.9. The van der Waals surface area contributed by atoms with Crippen molar-refractivity contribution in [2.45, 2.75) is 70.0 Å². The van der Waals surface area contributed by atoms with Gasteiger partial charge in [-0.15, -0.1) is 0 Å². The average Bonchev–Trinajstić information content (AvgIpc) is 2.86. The number of piperazine rings is 1. The maximum atomic E-state index is 11.7. The summed E-state index contributed by atoms with van der Waals surface area (Å²) >= 11 is 0. The average molecular weight is 279 g/mol. The van der Waals surface area contributed by atoms with Crippen LogP contribution >= 0.6 is 0 Å². The summed E-state index contributed by atoms with van der Waals surface area (Å²) < 4.78 is 0. The summed E-state index contributed by atoms with van der Waals surface area (Å²) in [7, 11) is 0. The number of hydrogen-bond donors (Lipinski definition) is 1. The van der Waals surface area contributed by atoms with Gasteiger partial charge in [-0.05, 0) is 45.1 Å². The minimum atomic E-state index is 0.391. The van der Waals surface area contributed by atoms with Gasteiger partial charge in [-0.3, -0.25) is 9.69 Å². The van der Waals surface area contributed by atoms with Gasteiger partial charge >= 0.3 is 0 Å². The van der Waals surface area contributed by atoms with Crippen LogP contribution in [0.2, 0.25) is 0 Å². The summed E-state index contributed by atoms with van der Waals surface area (Å²) in [6, 6.07) is 2.04. The van der Waals surface area contributed by atoms with Crippen LogP contribution in [0.1, 0.15) is 51.9 Å². The fraction of sp³-hybridized carbons (Fsp3) is 0.938.